The third kappa shape index (κ3) is 3.49. The maximum absolute atomic E-state index is 12.4. The van der Waals surface area contributed by atoms with Crippen LogP contribution in [0, 0.1) is 0 Å². The van der Waals surface area contributed by atoms with Gasteiger partial charge in [0, 0.05) is 22.7 Å². The fourth-order valence-corrected chi connectivity index (χ4v) is 3.03. The van der Waals surface area contributed by atoms with Gasteiger partial charge in [-0.2, -0.15) is 5.10 Å². The minimum Gasteiger partial charge on any atom is -0.354 e. The van der Waals surface area contributed by atoms with Gasteiger partial charge in [-0.05, 0) is 24.6 Å². The first-order valence-electron chi connectivity index (χ1n) is 7.93. The molecule has 0 aliphatic carbocycles. The topological polar surface area (TPSA) is 57.8 Å². The van der Waals surface area contributed by atoms with Gasteiger partial charge in [0.25, 0.3) is 5.56 Å². The van der Waals surface area contributed by atoms with Crippen LogP contribution >= 0.6 is 11.6 Å². The third-order valence-electron chi connectivity index (χ3n) is 3.91. The summed E-state index contributed by atoms with van der Waals surface area (Å²) in [4.78, 5) is 12.4. The van der Waals surface area contributed by atoms with Crippen LogP contribution in [0.5, 0.6) is 0 Å². The lowest BCUT2D eigenvalue weighted by Gasteiger charge is -2.21. The van der Waals surface area contributed by atoms with Crippen LogP contribution < -0.4 is 10.9 Å². The van der Waals surface area contributed by atoms with E-state index in [1.54, 1.807) is 12.1 Å². The summed E-state index contributed by atoms with van der Waals surface area (Å²) in [5.41, 5.74) is 4.33. The van der Waals surface area contributed by atoms with Gasteiger partial charge in [-0.25, -0.2) is 5.10 Å². The summed E-state index contributed by atoms with van der Waals surface area (Å²) in [7, 11) is 0. The van der Waals surface area contributed by atoms with E-state index < -0.39 is 0 Å². The van der Waals surface area contributed by atoms with Gasteiger partial charge in [0.1, 0.15) is 0 Å². The van der Waals surface area contributed by atoms with Crippen molar-refractivity contribution < 1.29 is 0 Å². The van der Waals surface area contributed by atoms with E-state index in [1.165, 1.54) is 0 Å². The molecule has 0 unspecified atom stereocenters. The van der Waals surface area contributed by atoms with E-state index in [-0.39, 0.29) is 5.56 Å². The number of nitrogens with one attached hydrogen (secondary N) is 2. The molecular weight excluding hydrogens is 334 g/mol. The molecule has 1 aliphatic heterocycles. The minimum absolute atomic E-state index is 0.290. The molecule has 126 valence electrons. The van der Waals surface area contributed by atoms with Crippen LogP contribution in [0.15, 0.2) is 71.0 Å². The molecule has 0 radical (unpaired) electrons. The van der Waals surface area contributed by atoms with Crippen LogP contribution in [-0.4, -0.2) is 10.2 Å². The molecule has 1 aromatic heterocycles. The Hall–Kier alpha value is -2.85. The van der Waals surface area contributed by atoms with Crippen molar-refractivity contribution >= 4 is 28.6 Å². The Kier molecular flexibility index (Phi) is 5.00. The Morgan fingerprint density at radius 2 is 2.16 bits per heavy atom. The number of hydrogen-bond donors (Lipinski definition) is 2. The van der Waals surface area contributed by atoms with Crippen molar-refractivity contribution in [2.75, 3.05) is 5.32 Å². The molecule has 1 aliphatic rings. The number of hydrogen-bond acceptors (Lipinski definition) is 3. The molecule has 5 heteroatoms. The number of anilines is 1. The predicted molar refractivity (Wildman–Crippen MR) is 104 cm³/mol. The van der Waals surface area contributed by atoms with Crippen molar-refractivity contribution in [2.45, 2.75) is 13.3 Å². The first-order chi connectivity index (χ1) is 12.1. The van der Waals surface area contributed by atoms with E-state index in [9.17, 15) is 4.79 Å². The number of halogens is 1. The molecule has 0 atom stereocenters. The second kappa shape index (κ2) is 7.36. The Bertz CT molecular complexity index is 967. The Labute approximate surface area is 151 Å². The number of aromatic amines is 1. The van der Waals surface area contributed by atoms with Gasteiger partial charge < -0.3 is 5.32 Å². The van der Waals surface area contributed by atoms with Crippen LogP contribution in [0.25, 0.3) is 11.3 Å². The standard InChI is InChI=1S/C20H18ClN3O/c1-3-7-13(8-4-2)18-12-15(20(25)24-23-18)19-16(21)11-14-9-5-6-10-17(14)22-19/h3-10,12,22H,1,11H2,2H3,(H,24,25)/b8-4-,13-7+. The lowest BCUT2D eigenvalue weighted by atomic mass is 10.0. The van der Waals surface area contributed by atoms with Crippen LogP contribution in [0.1, 0.15) is 23.7 Å². The van der Waals surface area contributed by atoms with E-state index in [2.05, 4.69) is 22.1 Å². The molecule has 2 heterocycles. The zero-order valence-corrected chi connectivity index (χ0v) is 14.6. The molecule has 3 rings (SSSR count). The molecule has 0 saturated carbocycles. The predicted octanol–water partition coefficient (Wildman–Crippen LogP) is 4.49. The Morgan fingerprint density at radius 1 is 1.36 bits per heavy atom. The number of nitrogens with zero attached hydrogens (tertiary/aromatic N) is 1. The van der Waals surface area contributed by atoms with Crippen molar-refractivity contribution in [2.24, 2.45) is 0 Å². The molecule has 2 N–H and O–H groups in total. The number of rotatable bonds is 4. The Morgan fingerprint density at radius 3 is 2.92 bits per heavy atom. The maximum Gasteiger partial charge on any atom is 0.273 e. The second-order valence-electron chi connectivity index (χ2n) is 5.59. The highest BCUT2D eigenvalue weighted by atomic mass is 35.5. The monoisotopic (exact) mass is 351 g/mol. The van der Waals surface area contributed by atoms with Gasteiger partial charge >= 0.3 is 0 Å². The average Bonchev–Trinajstić information content (AvgIpc) is 2.62. The minimum atomic E-state index is -0.290. The van der Waals surface area contributed by atoms with Crippen molar-refractivity contribution in [3.63, 3.8) is 0 Å². The lowest BCUT2D eigenvalue weighted by molar-refractivity contribution is 0.963. The number of H-pyrrole nitrogens is 1. The average molecular weight is 352 g/mol. The molecule has 1 aromatic carbocycles. The van der Waals surface area contributed by atoms with Gasteiger partial charge in [-0.3, -0.25) is 4.79 Å². The largest absolute Gasteiger partial charge is 0.354 e. The first-order valence-corrected chi connectivity index (χ1v) is 8.31. The highest BCUT2D eigenvalue weighted by Crippen LogP contribution is 2.33. The molecule has 0 fully saturated rings. The van der Waals surface area contributed by atoms with Crippen LogP contribution in [0.3, 0.4) is 0 Å². The number of para-hydroxylation sites is 1. The van der Waals surface area contributed by atoms with Crippen molar-refractivity contribution in [3.05, 3.63) is 93.4 Å². The molecule has 4 nitrogen and oxygen atoms in total. The van der Waals surface area contributed by atoms with Crippen molar-refractivity contribution in [3.8, 4) is 0 Å². The van der Waals surface area contributed by atoms with Gasteiger partial charge in [0.15, 0.2) is 0 Å². The van der Waals surface area contributed by atoms with E-state index in [0.29, 0.717) is 28.4 Å². The molecule has 25 heavy (non-hydrogen) atoms. The Balaban J connectivity index is 2.09. The van der Waals surface area contributed by atoms with Gasteiger partial charge in [-0.1, -0.05) is 60.7 Å². The van der Waals surface area contributed by atoms with Gasteiger partial charge in [0.05, 0.1) is 17.0 Å². The molecule has 0 spiro atoms. The van der Waals surface area contributed by atoms with Crippen LogP contribution in [0.4, 0.5) is 5.69 Å². The summed E-state index contributed by atoms with van der Waals surface area (Å²) in [6.07, 6.45) is 7.92. The van der Waals surface area contributed by atoms with E-state index in [0.717, 1.165) is 16.8 Å². The summed E-state index contributed by atoms with van der Waals surface area (Å²) in [5, 5.41) is 10.6. The lowest BCUT2D eigenvalue weighted by Crippen LogP contribution is -2.20. The highest BCUT2D eigenvalue weighted by molar-refractivity contribution is 6.33. The molecule has 0 bridgehead atoms. The quantitative estimate of drug-likeness (QED) is 0.798. The summed E-state index contributed by atoms with van der Waals surface area (Å²) < 4.78 is 0. The fourth-order valence-electron chi connectivity index (χ4n) is 2.74. The molecule has 0 saturated heterocycles. The smallest absolute Gasteiger partial charge is 0.273 e. The van der Waals surface area contributed by atoms with Crippen molar-refractivity contribution in [1.82, 2.24) is 10.2 Å². The fraction of sp³-hybridized carbons (Fsp3) is 0.100. The summed E-state index contributed by atoms with van der Waals surface area (Å²) in [6.45, 7) is 5.64. The first kappa shape index (κ1) is 17.0. The number of allylic oxidation sites excluding steroid dienone is 6. The molecule has 2 aromatic rings. The number of fused-ring (bicyclic) bond motifs is 1. The highest BCUT2D eigenvalue weighted by Gasteiger charge is 2.20. The summed E-state index contributed by atoms with van der Waals surface area (Å²) in [6, 6.07) is 9.64. The zero-order valence-electron chi connectivity index (χ0n) is 13.8. The zero-order chi connectivity index (χ0) is 17.8. The van der Waals surface area contributed by atoms with E-state index in [4.69, 9.17) is 11.6 Å². The maximum atomic E-state index is 12.4. The van der Waals surface area contributed by atoms with E-state index in [1.807, 2.05) is 49.4 Å². The summed E-state index contributed by atoms with van der Waals surface area (Å²) >= 11 is 6.47. The van der Waals surface area contributed by atoms with Crippen molar-refractivity contribution in [1.29, 1.82) is 0 Å². The molecule has 0 amide bonds. The second-order valence-corrected chi connectivity index (χ2v) is 6.05. The molecular formula is C20H18ClN3O. The van der Waals surface area contributed by atoms with Crippen LogP contribution in [0.2, 0.25) is 0 Å². The normalized spacial score (nSPS) is 14.4. The number of benzene rings is 1. The number of aromatic nitrogens is 2. The summed E-state index contributed by atoms with van der Waals surface area (Å²) in [5.74, 6) is 0. The van der Waals surface area contributed by atoms with Gasteiger partial charge in [-0.15, -0.1) is 0 Å². The third-order valence-corrected chi connectivity index (χ3v) is 4.23. The van der Waals surface area contributed by atoms with Crippen LogP contribution in [-0.2, 0) is 6.42 Å². The SMILES string of the molecule is C=C/C=C(\C=C/C)c1cc(C2=C(Cl)Cc3ccccc3N2)c(=O)[nH]n1. The van der Waals surface area contributed by atoms with Gasteiger partial charge in [0.2, 0.25) is 0 Å². The van der Waals surface area contributed by atoms with E-state index >= 15 is 0 Å².